The topological polar surface area (TPSA) is 0 Å². The SMILES string of the molecule is Fc1ccc(C(Br)c2cc(Cl)sc2Cl)c(F)c1F. The van der Waals surface area contributed by atoms with Crippen molar-refractivity contribution in [1.29, 1.82) is 0 Å². The van der Waals surface area contributed by atoms with Gasteiger partial charge in [-0.3, -0.25) is 0 Å². The second kappa shape index (κ2) is 5.41. The highest BCUT2D eigenvalue weighted by Crippen LogP contribution is 2.42. The summed E-state index contributed by atoms with van der Waals surface area (Å²) in [6.07, 6.45) is 0. The zero-order chi connectivity index (χ0) is 13.4. The summed E-state index contributed by atoms with van der Waals surface area (Å²) in [5.41, 5.74) is 0.474. The molecule has 18 heavy (non-hydrogen) atoms. The van der Waals surface area contributed by atoms with E-state index in [2.05, 4.69) is 15.9 Å². The van der Waals surface area contributed by atoms with E-state index in [-0.39, 0.29) is 5.56 Å². The third-order valence-corrected chi connectivity index (χ3v) is 4.80. The minimum Gasteiger partial charge on any atom is -0.204 e. The highest BCUT2D eigenvalue weighted by Gasteiger charge is 2.23. The van der Waals surface area contributed by atoms with E-state index in [0.29, 0.717) is 14.2 Å². The van der Waals surface area contributed by atoms with Gasteiger partial charge in [-0.25, -0.2) is 13.2 Å². The van der Waals surface area contributed by atoms with Crippen molar-refractivity contribution in [2.45, 2.75) is 4.83 Å². The lowest BCUT2D eigenvalue weighted by Crippen LogP contribution is -2.00. The fourth-order valence-corrected chi connectivity index (χ4v) is 3.96. The number of alkyl halides is 1. The van der Waals surface area contributed by atoms with E-state index in [9.17, 15) is 13.2 Å². The van der Waals surface area contributed by atoms with Gasteiger partial charge in [-0.2, -0.15) is 0 Å². The zero-order valence-electron chi connectivity index (χ0n) is 8.49. The Morgan fingerprint density at radius 3 is 2.28 bits per heavy atom. The van der Waals surface area contributed by atoms with Gasteiger partial charge in [0.2, 0.25) is 0 Å². The summed E-state index contributed by atoms with van der Waals surface area (Å²) in [5, 5.41) is 0. The standard InChI is InChI=1S/C11H4BrCl2F3S/c12-8(5-3-7(13)18-11(5)14)4-1-2-6(15)10(17)9(4)16/h1-3,8H. The summed E-state index contributed by atoms with van der Waals surface area (Å²) < 4.78 is 40.4. The molecule has 0 bridgehead atoms. The lowest BCUT2D eigenvalue weighted by Gasteiger charge is -2.11. The van der Waals surface area contributed by atoms with Gasteiger partial charge >= 0.3 is 0 Å². The van der Waals surface area contributed by atoms with Gasteiger partial charge in [0.1, 0.15) is 0 Å². The summed E-state index contributed by atoms with van der Waals surface area (Å²) in [6.45, 7) is 0. The van der Waals surface area contributed by atoms with Crippen molar-refractivity contribution in [3.8, 4) is 0 Å². The van der Waals surface area contributed by atoms with Crippen molar-refractivity contribution in [2.24, 2.45) is 0 Å². The van der Waals surface area contributed by atoms with Crippen LogP contribution in [-0.2, 0) is 0 Å². The van der Waals surface area contributed by atoms with Crippen LogP contribution in [0.5, 0.6) is 0 Å². The van der Waals surface area contributed by atoms with E-state index in [1.165, 1.54) is 0 Å². The van der Waals surface area contributed by atoms with Crippen LogP contribution in [0, 0.1) is 17.5 Å². The molecule has 1 heterocycles. The van der Waals surface area contributed by atoms with Gasteiger partial charge < -0.3 is 0 Å². The smallest absolute Gasteiger partial charge is 0.194 e. The third-order valence-electron chi connectivity index (χ3n) is 2.29. The normalized spacial score (nSPS) is 12.8. The van der Waals surface area contributed by atoms with Gasteiger partial charge in [-0.1, -0.05) is 45.2 Å². The lowest BCUT2D eigenvalue weighted by molar-refractivity contribution is 0.442. The molecule has 0 spiro atoms. The quantitative estimate of drug-likeness (QED) is 0.449. The first-order valence-electron chi connectivity index (χ1n) is 4.64. The van der Waals surface area contributed by atoms with Gasteiger partial charge in [-0.15, -0.1) is 11.3 Å². The van der Waals surface area contributed by atoms with Crippen LogP contribution in [0.1, 0.15) is 16.0 Å². The maximum absolute atomic E-state index is 13.6. The Kier molecular flexibility index (Phi) is 4.26. The average Bonchev–Trinajstić information content (AvgIpc) is 2.65. The number of thiophene rings is 1. The Morgan fingerprint density at radius 1 is 1.06 bits per heavy atom. The van der Waals surface area contributed by atoms with Crippen molar-refractivity contribution in [2.75, 3.05) is 0 Å². The molecule has 2 aromatic rings. The molecular formula is C11H4BrCl2F3S. The minimum atomic E-state index is -1.51. The van der Waals surface area contributed by atoms with Crippen molar-refractivity contribution >= 4 is 50.5 Å². The lowest BCUT2D eigenvalue weighted by atomic mass is 10.1. The van der Waals surface area contributed by atoms with Crippen molar-refractivity contribution in [1.82, 2.24) is 0 Å². The summed E-state index contributed by atoms with van der Waals surface area (Å²) in [7, 11) is 0. The number of hydrogen-bond donors (Lipinski definition) is 0. The van der Waals surface area contributed by atoms with Crippen LogP contribution in [0.4, 0.5) is 13.2 Å². The number of halogens is 6. The average molecular weight is 376 g/mol. The van der Waals surface area contributed by atoms with E-state index < -0.39 is 22.3 Å². The predicted octanol–water partition coefficient (Wildman–Crippen LogP) is 5.96. The Hall–Kier alpha value is -0.230. The molecule has 0 fully saturated rings. The van der Waals surface area contributed by atoms with Crippen LogP contribution in [-0.4, -0.2) is 0 Å². The highest BCUT2D eigenvalue weighted by molar-refractivity contribution is 9.09. The van der Waals surface area contributed by atoms with E-state index in [1.54, 1.807) is 6.07 Å². The van der Waals surface area contributed by atoms with Crippen LogP contribution in [0.25, 0.3) is 0 Å². The van der Waals surface area contributed by atoms with Crippen LogP contribution < -0.4 is 0 Å². The molecule has 0 saturated heterocycles. The summed E-state index contributed by atoms with van der Waals surface area (Å²) in [6, 6.07) is 3.58. The molecule has 0 aliphatic rings. The van der Waals surface area contributed by atoms with Crippen molar-refractivity contribution in [3.05, 3.63) is 55.5 Å². The van der Waals surface area contributed by atoms with Gasteiger partial charge in [-0.05, 0) is 12.1 Å². The molecule has 96 valence electrons. The summed E-state index contributed by atoms with van der Waals surface area (Å²) >= 11 is 16.0. The Morgan fingerprint density at radius 2 is 1.72 bits per heavy atom. The summed E-state index contributed by atoms with van der Waals surface area (Å²) in [4.78, 5) is -0.691. The molecule has 7 heteroatoms. The van der Waals surface area contributed by atoms with Crippen LogP contribution in [0.3, 0.4) is 0 Å². The minimum absolute atomic E-state index is 0.0368. The van der Waals surface area contributed by atoms with E-state index in [1.807, 2.05) is 0 Å². The zero-order valence-corrected chi connectivity index (χ0v) is 12.4. The third kappa shape index (κ3) is 2.54. The van der Waals surface area contributed by atoms with Crippen molar-refractivity contribution < 1.29 is 13.2 Å². The molecule has 0 saturated carbocycles. The maximum Gasteiger partial charge on any atom is 0.194 e. The predicted molar refractivity (Wildman–Crippen MR) is 71.4 cm³/mol. The Balaban J connectivity index is 2.49. The molecule has 1 atom stereocenters. The van der Waals surface area contributed by atoms with E-state index >= 15 is 0 Å². The fraction of sp³-hybridized carbons (Fsp3) is 0.0909. The van der Waals surface area contributed by atoms with Gasteiger partial charge in [0.15, 0.2) is 17.5 Å². The van der Waals surface area contributed by atoms with Gasteiger partial charge in [0, 0.05) is 11.1 Å². The molecule has 1 aromatic carbocycles. The fourth-order valence-electron chi connectivity index (χ4n) is 1.43. The molecule has 1 unspecified atom stereocenters. The van der Waals surface area contributed by atoms with Crippen LogP contribution in [0.15, 0.2) is 18.2 Å². The molecule has 0 aliphatic heterocycles. The first-order valence-corrected chi connectivity index (χ1v) is 7.12. The van der Waals surface area contributed by atoms with Gasteiger partial charge in [0.25, 0.3) is 0 Å². The highest BCUT2D eigenvalue weighted by atomic mass is 79.9. The van der Waals surface area contributed by atoms with E-state index in [0.717, 1.165) is 23.5 Å². The molecule has 0 aliphatic carbocycles. The monoisotopic (exact) mass is 374 g/mol. The van der Waals surface area contributed by atoms with Crippen LogP contribution >= 0.6 is 50.5 Å². The Bertz CT molecular complexity index is 600. The molecule has 0 radical (unpaired) electrons. The largest absolute Gasteiger partial charge is 0.204 e. The second-order valence-corrected chi connectivity index (χ2v) is 6.61. The molecule has 0 nitrogen and oxygen atoms in total. The molecule has 0 N–H and O–H groups in total. The first kappa shape index (κ1) is 14.2. The van der Waals surface area contributed by atoms with Crippen molar-refractivity contribution in [3.63, 3.8) is 0 Å². The van der Waals surface area contributed by atoms with Gasteiger partial charge in [0.05, 0.1) is 13.5 Å². The van der Waals surface area contributed by atoms with Crippen LogP contribution in [0.2, 0.25) is 8.67 Å². The summed E-state index contributed by atoms with van der Waals surface area (Å²) in [5.74, 6) is -3.98. The number of hydrogen-bond acceptors (Lipinski definition) is 1. The number of benzene rings is 1. The first-order chi connectivity index (χ1) is 8.41. The maximum atomic E-state index is 13.6. The molecule has 2 rings (SSSR count). The molecule has 0 amide bonds. The molecular weight excluding hydrogens is 372 g/mol. The second-order valence-electron chi connectivity index (χ2n) is 3.41. The number of rotatable bonds is 2. The molecule has 1 aromatic heterocycles. The van der Waals surface area contributed by atoms with E-state index in [4.69, 9.17) is 23.2 Å². The Labute approximate surface area is 123 Å².